The first-order valence-electron chi connectivity index (χ1n) is 6.97. The zero-order chi connectivity index (χ0) is 16.8. The van der Waals surface area contributed by atoms with E-state index in [0.29, 0.717) is 5.69 Å². The van der Waals surface area contributed by atoms with E-state index in [1.165, 1.54) is 24.5 Å². The third-order valence-electron chi connectivity index (χ3n) is 2.91. The topological polar surface area (TPSA) is 107 Å². The number of hydrogen-bond acceptors (Lipinski definition) is 7. The van der Waals surface area contributed by atoms with Crippen molar-refractivity contribution in [1.29, 1.82) is 0 Å². The minimum absolute atomic E-state index is 0.248. The van der Waals surface area contributed by atoms with Crippen LogP contribution in [-0.4, -0.2) is 33.6 Å². The molecule has 1 aromatic carbocycles. The average molecular weight is 324 g/mol. The molecule has 0 fully saturated rings. The van der Waals surface area contributed by atoms with Gasteiger partial charge in [-0.2, -0.15) is 0 Å². The number of carbonyl (C=O) groups excluding carboxylic acids is 2. The lowest BCUT2D eigenvalue weighted by molar-refractivity contribution is -0.142. The van der Waals surface area contributed by atoms with Gasteiger partial charge in [-0.25, -0.2) is 9.78 Å². The third kappa shape index (κ3) is 4.01. The summed E-state index contributed by atoms with van der Waals surface area (Å²) in [5.74, 6) is -0.936. The van der Waals surface area contributed by atoms with Gasteiger partial charge in [0.1, 0.15) is 6.26 Å². The third-order valence-corrected chi connectivity index (χ3v) is 2.91. The lowest BCUT2D eigenvalue weighted by Gasteiger charge is -2.01. The Hall–Kier alpha value is -3.55. The van der Waals surface area contributed by atoms with Crippen LogP contribution in [0.15, 0.2) is 53.4 Å². The normalized spacial score (nSPS) is 10.8. The number of ether oxygens (including phenoxy) is 1. The molecule has 2 aromatic heterocycles. The van der Waals surface area contributed by atoms with Crippen molar-refractivity contribution in [3.05, 3.63) is 54.6 Å². The molecule has 0 atom stereocenters. The Morgan fingerprint density at radius 3 is 2.83 bits per heavy atom. The number of benzene rings is 1. The van der Waals surface area contributed by atoms with Crippen molar-refractivity contribution in [3.8, 4) is 0 Å². The van der Waals surface area contributed by atoms with Gasteiger partial charge in [0.25, 0.3) is 5.91 Å². The van der Waals surface area contributed by atoms with Gasteiger partial charge < -0.3 is 14.6 Å². The van der Waals surface area contributed by atoms with E-state index in [1.807, 2.05) is 24.3 Å². The van der Waals surface area contributed by atoms with Crippen molar-refractivity contribution in [3.63, 3.8) is 0 Å². The molecule has 0 aliphatic carbocycles. The molecule has 0 aliphatic rings. The van der Waals surface area contributed by atoms with Gasteiger partial charge in [0.05, 0.1) is 22.9 Å². The van der Waals surface area contributed by atoms with E-state index in [1.54, 1.807) is 6.20 Å². The van der Waals surface area contributed by atoms with Gasteiger partial charge in [-0.05, 0) is 18.2 Å². The van der Waals surface area contributed by atoms with Crippen LogP contribution in [0.5, 0.6) is 0 Å². The molecular formula is C16H12N4O4. The highest BCUT2D eigenvalue weighted by atomic mass is 16.5. The zero-order valence-corrected chi connectivity index (χ0v) is 12.4. The Balaban J connectivity index is 1.53. The first-order valence-corrected chi connectivity index (χ1v) is 6.97. The number of aromatic nitrogens is 3. The maximum Gasteiger partial charge on any atom is 0.331 e. The van der Waals surface area contributed by atoms with Crippen LogP contribution in [-0.2, 0) is 14.3 Å². The highest BCUT2D eigenvalue weighted by Crippen LogP contribution is 2.09. The first kappa shape index (κ1) is 15.3. The van der Waals surface area contributed by atoms with Crippen LogP contribution in [0.2, 0.25) is 0 Å². The molecular weight excluding hydrogens is 312 g/mol. The second kappa shape index (κ2) is 7.14. The second-order valence-electron chi connectivity index (χ2n) is 4.66. The van der Waals surface area contributed by atoms with Crippen molar-refractivity contribution in [1.82, 2.24) is 15.1 Å². The summed E-state index contributed by atoms with van der Waals surface area (Å²) < 4.78 is 9.38. The molecule has 0 unspecified atom stereocenters. The lowest BCUT2D eigenvalue weighted by Crippen LogP contribution is -2.20. The Labute approximate surface area is 136 Å². The fraction of sp³-hybridized carbons (Fsp3) is 0.0625. The highest BCUT2D eigenvalue weighted by Gasteiger charge is 2.07. The van der Waals surface area contributed by atoms with Gasteiger partial charge in [0.2, 0.25) is 0 Å². The predicted octanol–water partition coefficient (Wildman–Crippen LogP) is 1.81. The molecule has 0 saturated carbocycles. The summed E-state index contributed by atoms with van der Waals surface area (Å²) in [6, 6.07) is 8.86. The van der Waals surface area contributed by atoms with Crippen LogP contribution in [0, 0.1) is 0 Å². The van der Waals surface area contributed by atoms with Gasteiger partial charge in [0, 0.05) is 12.1 Å². The van der Waals surface area contributed by atoms with E-state index < -0.39 is 18.5 Å². The molecule has 0 bridgehead atoms. The number of hydrogen-bond donors (Lipinski definition) is 1. The van der Waals surface area contributed by atoms with Crippen molar-refractivity contribution in [2.75, 3.05) is 11.9 Å². The summed E-state index contributed by atoms with van der Waals surface area (Å²) in [5, 5.41) is 5.91. The Kier molecular flexibility index (Phi) is 4.57. The van der Waals surface area contributed by atoms with Crippen LogP contribution in [0.3, 0.4) is 0 Å². The van der Waals surface area contributed by atoms with Crippen molar-refractivity contribution >= 4 is 34.8 Å². The van der Waals surface area contributed by atoms with Crippen molar-refractivity contribution < 1.29 is 18.8 Å². The lowest BCUT2D eigenvalue weighted by atomic mass is 10.3. The van der Waals surface area contributed by atoms with E-state index in [2.05, 4.69) is 25.0 Å². The Morgan fingerprint density at radius 2 is 2.04 bits per heavy atom. The second-order valence-corrected chi connectivity index (χ2v) is 4.66. The van der Waals surface area contributed by atoms with Gasteiger partial charge in [-0.1, -0.05) is 17.3 Å². The summed E-state index contributed by atoms with van der Waals surface area (Å²) in [6.07, 6.45) is 5.51. The average Bonchev–Trinajstić information content (AvgIpc) is 3.11. The van der Waals surface area contributed by atoms with Gasteiger partial charge in [-0.3, -0.25) is 9.78 Å². The van der Waals surface area contributed by atoms with Crippen LogP contribution in [0.4, 0.5) is 5.82 Å². The molecule has 0 radical (unpaired) electrons. The van der Waals surface area contributed by atoms with E-state index in [0.717, 1.165) is 11.0 Å². The molecule has 1 amide bonds. The van der Waals surface area contributed by atoms with Gasteiger partial charge in [-0.15, -0.1) is 0 Å². The van der Waals surface area contributed by atoms with Crippen LogP contribution in [0.25, 0.3) is 17.1 Å². The van der Waals surface area contributed by atoms with Crippen LogP contribution < -0.4 is 5.32 Å². The number of para-hydroxylation sites is 2. The molecule has 0 spiro atoms. The van der Waals surface area contributed by atoms with E-state index in [-0.39, 0.29) is 5.82 Å². The van der Waals surface area contributed by atoms with Crippen LogP contribution >= 0.6 is 0 Å². The minimum Gasteiger partial charge on any atom is -0.452 e. The van der Waals surface area contributed by atoms with E-state index in [4.69, 9.17) is 4.74 Å². The summed E-state index contributed by atoms with van der Waals surface area (Å²) in [6.45, 7) is -0.431. The number of carbonyl (C=O) groups is 2. The van der Waals surface area contributed by atoms with E-state index in [9.17, 15) is 9.59 Å². The molecule has 120 valence electrons. The summed E-state index contributed by atoms with van der Waals surface area (Å²) in [5.41, 5.74) is 2.00. The predicted molar refractivity (Wildman–Crippen MR) is 84.7 cm³/mol. The molecule has 2 heterocycles. The maximum atomic E-state index is 11.6. The molecule has 24 heavy (non-hydrogen) atoms. The van der Waals surface area contributed by atoms with Crippen molar-refractivity contribution in [2.24, 2.45) is 0 Å². The molecule has 3 rings (SSSR count). The number of rotatable bonds is 5. The molecule has 3 aromatic rings. The molecule has 8 nitrogen and oxygen atoms in total. The number of esters is 1. The smallest absolute Gasteiger partial charge is 0.331 e. The Morgan fingerprint density at radius 1 is 1.21 bits per heavy atom. The largest absolute Gasteiger partial charge is 0.452 e. The number of nitrogens with one attached hydrogen (secondary N) is 1. The maximum absolute atomic E-state index is 11.6. The number of amides is 1. The first-order chi connectivity index (χ1) is 11.7. The quantitative estimate of drug-likeness (QED) is 0.563. The fourth-order valence-corrected chi connectivity index (χ4v) is 1.85. The summed E-state index contributed by atoms with van der Waals surface area (Å²) >= 11 is 0. The summed E-state index contributed by atoms with van der Waals surface area (Å²) in [4.78, 5) is 31.7. The standard InChI is InChI=1S/C16H12N4O4/c21-15(19-14-7-8-24-20-14)10-23-16(22)6-5-11-9-17-12-3-1-2-4-13(12)18-11/h1-9H,10H2,(H,19,20,21)/b6-5+. The number of anilines is 1. The molecule has 0 aliphatic heterocycles. The number of fused-ring (bicyclic) bond motifs is 1. The Bertz CT molecular complexity index is 890. The minimum atomic E-state index is -0.666. The number of nitrogens with zero attached hydrogens (tertiary/aromatic N) is 3. The summed E-state index contributed by atoms with van der Waals surface area (Å²) in [7, 11) is 0. The fourth-order valence-electron chi connectivity index (χ4n) is 1.85. The monoisotopic (exact) mass is 324 g/mol. The van der Waals surface area contributed by atoms with Gasteiger partial charge in [0.15, 0.2) is 12.4 Å². The van der Waals surface area contributed by atoms with E-state index >= 15 is 0 Å². The molecule has 8 heteroatoms. The van der Waals surface area contributed by atoms with Crippen molar-refractivity contribution in [2.45, 2.75) is 0 Å². The van der Waals surface area contributed by atoms with Crippen LogP contribution in [0.1, 0.15) is 5.69 Å². The highest BCUT2D eigenvalue weighted by molar-refractivity contribution is 5.94. The molecule has 0 saturated heterocycles. The molecule has 1 N–H and O–H groups in total. The zero-order valence-electron chi connectivity index (χ0n) is 12.4. The SMILES string of the molecule is O=C(COC(=O)/C=C/c1cnc2ccccc2n1)Nc1ccon1. The van der Waals surface area contributed by atoms with Gasteiger partial charge >= 0.3 is 5.97 Å².